The summed E-state index contributed by atoms with van der Waals surface area (Å²) in [7, 11) is 0. The van der Waals surface area contributed by atoms with Crippen LogP contribution < -0.4 is 5.32 Å². The lowest BCUT2D eigenvalue weighted by atomic mass is 9.91. The van der Waals surface area contributed by atoms with Gasteiger partial charge in [-0.25, -0.2) is 0 Å². The van der Waals surface area contributed by atoms with E-state index in [1.165, 1.54) is 0 Å². The fraction of sp³-hybridized carbons (Fsp3) is 0.588. The van der Waals surface area contributed by atoms with Crippen molar-refractivity contribution in [2.75, 3.05) is 0 Å². The molecule has 20 heavy (non-hydrogen) atoms. The number of hydrogen-bond acceptors (Lipinski definition) is 3. The number of phenolic OH excluding ortho intramolecular Hbond substituents is 1. The summed E-state index contributed by atoms with van der Waals surface area (Å²) in [6.07, 6.45) is 0.674. The monoisotopic (exact) mass is 277 g/mol. The Kier molecular flexibility index (Phi) is 5.75. The molecule has 1 atom stereocenters. The third kappa shape index (κ3) is 4.34. The summed E-state index contributed by atoms with van der Waals surface area (Å²) in [6.45, 7) is 11.9. The third-order valence-electron chi connectivity index (χ3n) is 3.54. The van der Waals surface area contributed by atoms with E-state index in [0.29, 0.717) is 6.42 Å². The third-order valence-corrected chi connectivity index (χ3v) is 3.54. The highest BCUT2D eigenvalue weighted by Gasteiger charge is 2.23. The number of carbonyl (C=O) groups excluding carboxylic acids is 1. The molecular weight excluding hydrogens is 250 g/mol. The molecule has 0 saturated heterocycles. The fourth-order valence-corrected chi connectivity index (χ4v) is 2.54. The Morgan fingerprint density at radius 3 is 2.05 bits per heavy atom. The smallest absolute Gasteiger partial charge is 0.152 e. The van der Waals surface area contributed by atoms with Crippen molar-refractivity contribution in [3.8, 4) is 5.75 Å². The second-order valence-corrected chi connectivity index (χ2v) is 6.19. The van der Waals surface area contributed by atoms with E-state index in [1.54, 1.807) is 12.1 Å². The van der Waals surface area contributed by atoms with Crippen molar-refractivity contribution in [3.05, 3.63) is 28.8 Å². The number of phenols is 1. The number of hydrogen-bond donors (Lipinski definition) is 2. The molecule has 112 valence electrons. The normalized spacial score (nSPS) is 13.0. The zero-order chi connectivity index (χ0) is 15.4. The summed E-state index contributed by atoms with van der Waals surface area (Å²) in [6, 6.07) is 3.61. The Morgan fingerprint density at radius 1 is 1.15 bits per heavy atom. The lowest BCUT2D eigenvalue weighted by Gasteiger charge is -2.23. The minimum Gasteiger partial charge on any atom is -0.508 e. The second-order valence-electron chi connectivity index (χ2n) is 6.19. The highest BCUT2D eigenvalue weighted by Crippen LogP contribution is 2.22. The predicted molar refractivity (Wildman–Crippen MR) is 83.2 cm³/mol. The Labute approximate surface area is 122 Å². The molecule has 0 spiro atoms. The van der Waals surface area contributed by atoms with Gasteiger partial charge >= 0.3 is 0 Å². The van der Waals surface area contributed by atoms with Crippen molar-refractivity contribution in [2.45, 2.75) is 60.0 Å². The van der Waals surface area contributed by atoms with Crippen molar-refractivity contribution in [3.63, 3.8) is 0 Å². The van der Waals surface area contributed by atoms with Crippen LogP contribution in [0.5, 0.6) is 5.75 Å². The van der Waals surface area contributed by atoms with Crippen LogP contribution in [-0.4, -0.2) is 23.0 Å². The van der Waals surface area contributed by atoms with Crippen molar-refractivity contribution in [2.24, 2.45) is 5.92 Å². The molecule has 0 bridgehead atoms. The number of rotatable bonds is 6. The van der Waals surface area contributed by atoms with Gasteiger partial charge < -0.3 is 10.4 Å². The zero-order valence-corrected chi connectivity index (χ0v) is 13.4. The van der Waals surface area contributed by atoms with Gasteiger partial charge in [-0.1, -0.05) is 27.7 Å². The van der Waals surface area contributed by atoms with Crippen molar-refractivity contribution in [1.29, 1.82) is 0 Å². The molecule has 2 N–H and O–H groups in total. The minimum atomic E-state index is -0.169. The molecule has 1 rings (SSSR count). The molecule has 0 heterocycles. The lowest BCUT2D eigenvalue weighted by molar-refractivity contribution is -0.124. The van der Waals surface area contributed by atoms with Gasteiger partial charge in [0.25, 0.3) is 0 Å². The summed E-state index contributed by atoms with van der Waals surface area (Å²) in [5.41, 5.74) is 3.22. The summed E-state index contributed by atoms with van der Waals surface area (Å²) in [5.74, 6) is 0.543. The van der Waals surface area contributed by atoms with Gasteiger partial charge in [-0.3, -0.25) is 4.79 Å². The van der Waals surface area contributed by atoms with Crippen LogP contribution in [0.1, 0.15) is 44.4 Å². The predicted octanol–water partition coefficient (Wildman–Crippen LogP) is 3.14. The number of benzene rings is 1. The van der Waals surface area contributed by atoms with Gasteiger partial charge in [-0.05, 0) is 49.1 Å². The average molecular weight is 277 g/mol. The van der Waals surface area contributed by atoms with E-state index in [9.17, 15) is 9.90 Å². The summed E-state index contributed by atoms with van der Waals surface area (Å²) in [5, 5.41) is 13.0. The summed E-state index contributed by atoms with van der Waals surface area (Å²) < 4.78 is 0. The summed E-state index contributed by atoms with van der Waals surface area (Å²) >= 11 is 0. The molecule has 3 nitrogen and oxygen atoms in total. The molecular formula is C17H27NO2. The first-order valence-corrected chi connectivity index (χ1v) is 7.31. The molecule has 0 unspecified atom stereocenters. The Balaban J connectivity index is 3.04. The van der Waals surface area contributed by atoms with Gasteiger partial charge in [-0.15, -0.1) is 0 Å². The number of carbonyl (C=O) groups is 1. The molecule has 0 radical (unpaired) electrons. The van der Waals surface area contributed by atoms with E-state index < -0.39 is 0 Å². The molecule has 0 amide bonds. The number of nitrogens with one attached hydrogen (secondary N) is 1. The average Bonchev–Trinajstić information content (AvgIpc) is 2.30. The minimum absolute atomic E-state index is 0.0176. The van der Waals surface area contributed by atoms with Gasteiger partial charge in [0.1, 0.15) is 5.75 Å². The molecule has 0 aliphatic carbocycles. The zero-order valence-electron chi connectivity index (χ0n) is 13.4. The quantitative estimate of drug-likeness (QED) is 0.840. The maximum Gasteiger partial charge on any atom is 0.152 e. The second kappa shape index (κ2) is 6.89. The molecule has 0 saturated carbocycles. The van der Waals surface area contributed by atoms with E-state index in [-0.39, 0.29) is 29.5 Å². The van der Waals surface area contributed by atoms with Crippen LogP contribution in [0.15, 0.2) is 12.1 Å². The van der Waals surface area contributed by atoms with Crippen molar-refractivity contribution >= 4 is 5.78 Å². The molecule has 1 aromatic carbocycles. The first kappa shape index (κ1) is 16.7. The van der Waals surface area contributed by atoms with E-state index in [1.807, 2.05) is 27.7 Å². The number of aryl methyl sites for hydroxylation is 2. The van der Waals surface area contributed by atoms with Crippen LogP contribution in [0, 0.1) is 19.8 Å². The van der Waals surface area contributed by atoms with E-state index in [0.717, 1.165) is 16.7 Å². The Hall–Kier alpha value is -1.35. The van der Waals surface area contributed by atoms with E-state index in [4.69, 9.17) is 0 Å². The molecule has 3 heteroatoms. The van der Waals surface area contributed by atoms with E-state index >= 15 is 0 Å². The number of Topliss-reactive ketones (excluding diaryl/α,β-unsaturated/α-hetero) is 1. The van der Waals surface area contributed by atoms with Crippen molar-refractivity contribution < 1.29 is 9.90 Å². The van der Waals surface area contributed by atoms with Gasteiger partial charge in [0.2, 0.25) is 0 Å². The highest BCUT2D eigenvalue weighted by molar-refractivity contribution is 5.86. The maximum atomic E-state index is 12.4. The summed E-state index contributed by atoms with van der Waals surface area (Å²) in [4.78, 5) is 12.4. The Bertz CT molecular complexity index is 455. The van der Waals surface area contributed by atoms with Crippen molar-refractivity contribution in [1.82, 2.24) is 5.32 Å². The largest absolute Gasteiger partial charge is 0.508 e. The topological polar surface area (TPSA) is 49.3 Å². The standard InChI is InChI=1S/C17H27NO2/c1-10(2)17(20)16(18-11(3)4)9-15-12(5)7-14(19)8-13(15)6/h7-8,10-11,16,18-19H,9H2,1-6H3/t16-/m1/s1. The van der Waals surface area contributed by atoms with Crippen LogP contribution >= 0.6 is 0 Å². The van der Waals surface area contributed by atoms with E-state index in [2.05, 4.69) is 19.2 Å². The molecule has 0 fully saturated rings. The van der Waals surface area contributed by atoms with Gasteiger partial charge in [0.05, 0.1) is 6.04 Å². The fourth-order valence-electron chi connectivity index (χ4n) is 2.54. The first-order valence-electron chi connectivity index (χ1n) is 7.31. The van der Waals surface area contributed by atoms with Crippen LogP contribution in [-0.2, 0) is 11.2 Å². The van der Waals surface area contributed by atoms with Gasteiger partial charge in [0.15, 0.2) is 5.78 Å². The molecule has 0 aromatic heterocycles. The maximum absolute atomic E-state index is 12.4. The molecule has 1 aromatic rings. The Morgan fingerprint density at radius 2 is 1.65 bits per heavy atom. The molecule has 0 aliphatic heterocycles. The first-order chi connectivity index (χ1) is 9.22. The van der Waals surface area contributed by atoms with Gasteiger partial charge in [0, 0.05) is 12.0 Å². The number of ketones is 1. The van der Waals surface area contributed by atoms with Crippen LogP contribution in [0.3, 0.4) is 0 Å². The SMILES string of the molecule is Cc1cc(O)cc(C)c1C[C@@H](NC(C)C)C(=O)C(C)C. The highest BCUT2D eigenvalue weighted by atomic mass is 16.3. The van der Waals surface area contributed by atoms with Crippen LogP contribution in [0.4, 0.5) is 0 Å². The van der Waals surface area contributed by atoms with Crippen LogP contribution in [0.25, 0.3) is 0 Å². The number of aromatic hydroxyl groups is 1. The lowest BCUT2D eigenvalue weighted by Crippen LogP contribution is -2.44. The van der Waals surface area contributed by atoms with Gasteiger partial charge in [-0.2, -0.15) is 0 Å². The molecule has 0 aliphatic rings. The van der Waals surface area contributed by atoms with Crippen LogP contribution in [0.2, 0.25) is 0 Å².